The highest BCUT2D eigenvalue weighted by atomic mass is 16.6. The second kappa shape index (κ2) is 4.61. The average molecular weight is 364 g/mol. The van der Waals surface area contributed by atoms with Gasteiger partial charge < -0.3 is 25.2 Å². The summed E-state index contributed by atoms with van der Waals surface area (Å²) in [6.07, 6.45) is -0.747. The van der Waals surface area contributed by atoms with Crippen LogP contribution in [0.15, 0.2) is 12.2 Å². The minimum Gasteiger partial charge on any atom is -0.392 e. The highest BCUT2D eigenvalue weighted by Gasteiger charge is 2.86. The summed E-state index contributed by atoms with van der Waals surface area (Å²) >= 11 is 0. The average Bonchev–Trinajstić information content (AvgIpc) is 2.69. The van der Waals surface area contributed by atoms with Crippen LogP contribution < -0.4 is 0 Å². The van der Waals surface area contributed by atoms with E-state index in [1.54, 1.807) is 0 Å². The van der Waals surface area contributed by atoms with E-state index in [0.29, 0.717) is 24.8 Å². The summed E-state index contributed by atoms with van der Waals surface area (Å²) in [7, 11) is 0. The molecule has 9 atom stereocenters. The van der Waals surface area contributed by atoms with Crippen molar-refractivity contribution < 1.29 is 30.0 Å². The zero-order valence-corrected chi connectivity index (χ0v) is 15.3. The molecule has 0 aromatic rings. The Hall–Kier alpha value is -0.790. The van der Waals surface area contributed by atoms with E-state index in [-0.39, 0.29) is 12.0 Å². The fourth-order valence-electron chi connectivity index (χ4n) is 7.90. The molecule has 4 saturated carbocycles. The van der Waals surface area contributed by atoms with Crippen LogP contribution in [0.2, 0.25) is 0 Å². The van der Waals surface area contributed by atoms with Crippen LogP contribution in [0.4, 0.5) is 0 Å². The largest absolute Gasteiger partial charge is 0.392 e. The number of rotatable bonds is 0. The number of ketones is 1. The van der Waals surface area contributed by atoms with Gasteiger partial charge in [-0.3, -0.25) is 4.79 Å². The quantitative estimate of drug-likeness (QED) is 0.463. The number of aliphatic hydroxyl groups is 4. The fraction of sp³-hybridized carbons (Fsp3) is 0.850. The minimum absolute atomic E-state index is 0.0966. The first-order chi connectivity index (χ1) is 12.1. The summed E-state index contributed by atoms with van der Waals surface area (Å²) in [5, 5.41) is 45.1. The van der Waals surface area contributed by atoms with Gasteiger partial charge in [-0.05, 0) is 42.6 Å². The molecule has 0 aromatic carbocycles. The predicted molar refractivity (Wildman–Crippen MR) is 90.7 cm³/mol. The van der Waals surface area contributed by atoms with E-state index < -0.39 is 58.5 Å². The second-order valence-electron chi connectivity index (χ2n) is 9.97. The van der Waals surface area contributed by atoms with Crippen molar-refractivity contribution >= 4 is 5.78 Å². The highest BCUT2D eigenvalue weighted by molar-refractivity contribution is 6.05. The maximum absolute atomic E-state index is 13.3. The van der Waals surface area contributed by atoms with Crippen molar-refractivity contribution in [1.29, 1.82) is 0 Å². The Morgan fingerprint density at radius 3 is 2.50 bits per heavy atom. The lowest BCUT2D eigenvalue weighted by molar-refractivity contribution is -0.458. The maximum atomic E-state index is 13.3. The lowest BCUT2D eigenvalue weighted by Crippen LogP contribution is -2.85. The predicted octanol–water partition coefficient (Wildman–Crippen LogP) is 0.376. The number of hydrogen-bond donors (Lipinski definition) is 4. The Kier molecular flexibility index (Phi) is 3.07. The van der Waals surface area contributed by atoms with Crippen LogP contribution in [0.1, 0.15) is 39.5 Å². The Morgan fingerprint density at radius 2 is 1.81 bits per heavy atom. The molecule has 4 bridgehead atoms. The summed E-state index contributed by atoms with van der Waals surface area (Å²) in [6, 6.07) is 0. The van der Waals surface area contributed by atoms with E-state index in [9.17, 15) is 25.2 Å². The highest BCUT2D eigenvalue weighted by Crippen LogP contribution is 2.76. The Bertz CT molecular complexity index is 717. The molecule has 4 N–H and O–H groups in total. The molecule has 6 rings (SSSR count). The van der Waals surface area contributed by atoms with E-state index in [1.807, 2.05) is 13.8 Å². The molecule has 0 radical (unpaired) electrons. The number of fused-ring (bicyclic) bond motifs is 2. The fourth-order valence-corrected chi connectivity index (χ4v) is 7.90. The lowest BCUT2D eigenvalue weighted by atomic mass is 9.35. The summed E-state index contributed by atoms with van der Waals surface area (Å²) in [4.78, 5) is 13.3. The van der Waals surface area contributed by atoms with Gasteiger partial charge in [0.2, 0.25) is 5.79 Å². The molecule has 6 heteroatoms. The number of aliphatic hydroxyl groups excluding tert-OH is 3. The van der Waals surface area contributed by atoms with Gasteiger partial charge in [0.25, 0.3) is 0 Å². The first-order valence-electron chi connectivity index (χ1n) is 9.71. The van der Waals surface area contributed by atoms with Crippen LogP contribution in [-0.4, -0.2) is 56.9 Å². The molecule has 2 spiro atoms. The second-order valence-corrected chi connectivity index (χ2v) is 9.97. The number of ether oxygens (including phenoxy) is 1. The molecule has 0 aromatic heterocycles. The third kappa shape index (κ3) is 1.41. The first kappa shape index (κ1) is 17.3. The van der Waals surface area contributed by atoms with E-state index in [0.717, 1.165) is 6.42 Å². The molecule has 144 valence electrons. The Labute approximate surface area is 152 Å². The molecule has 6 fully saturated rings. The Balaban J connectivity index is 1.81. The van der Waals surface area contributed by atoms with Gasteiger partial charge in [0.05, 0.1) is 18.8 Å². The molecule has 26 heavy (non-hydrogen) atoms. The van der Waals surface area contributed by atoms with Gasteiger partial charge in [0.15, 0.2) is 5.78 Å². The van der Waals surface area contributed by atoms with Crippen molar-refractivity contribution in [2.75, 3.05) is 6.61 Å². The van der Waals surface area contributed by atoms with Crippen LogP contribution in [0.5, 0.6) is 0 Å². The molecule has 0 amide bonds. The van der Waals surface area contributed by atoms with Gasteiger partial charge >= 0.3 is 0 Å². The molecule has 6 nitrogen and oxygen atoms in total. The summed E-state index contributed by atoms with van der Waals surface area (Å²) < 4.78 is 5.80. The molecule has 6 aliphatic rings. The van der Waals surface area contributed by atoms with E-state index >= 15 is 0 Å². The van der Waals surface area contributed by atoms with Gasteiger partial charge in [-0.25, -0.2) is 0 Å². The Morgan fingerprint density at radius 1 is 1.12 bits per heavy atom. The minimum atomic E-state index is -2.15. The van der Waals surface area contributed by atoms with Crippen LogP contribution in [-0.2, 0) is 9.53 Å². The van der Waals surface area contributed by atoms with Gasteiger partial charge in [0, 0.05) is 17.3 Å². The number of Topliss-reactive ketones (excluding diaryl/α,β-unsaturated/α-hetero) is 1. The molecule has 2 aliphatic heterocycles. The van der Waals surface area contributed by atoms with E-state index in [1.165, 1.54) is 0 Å². The van der Waals surface area contributed by atoms with Crippen LogP contribution >= 0.6 is 0 Å². The van der Waals surface area contributed by atoms with Crippen LogP contribution in [0.25, 0.3) is 0 Å². The van der Waals surface area contributed by atoms with Gasteiger partial charge in [-0.15, -0.1) is 0 Å². The van der Waals surface area contributed by atoms with Crippen molar-refractivity contribution in [2.45, 2.75) is 63.6 Å². The molecule has 3 unspecified atom stereocenters. The van der Waals surface area contributed by atoms with E-state index in [4.69, 9.17) is 4.74 Å². The molecule has 4 aliphatic carbocycles. The molecular formula is C20H28O6. The van der Waals surface area contributed by atoms with Crippen LogP contribution in [0.3, 0.4) is 0 Å². The topological polar surface area (TPSA) is 107 Å². The zero-order valence-electron chi connectivity index (χ0n) is 15.3. The van der Waals surface area contributed by atoms with Crippen molar-refractivity contribution in [1.82, 2.24) is 0 Å². The number of hydrogen-bond acceptors (Lipinski definition) is 6. The lowest BCUT2D eigenvalue weighted by Gasteiger charge is -2.74. The maximum Gasteiger partial charge on any atom is 0.208 e. The SMILES string of the molecule is C=C1C(=O)C23C(CCC1[C@H]2O)[C@@]12CO[C@]3(O)[C@@H](O)[C@@H]1C(C)(C)CC[C@@H]2O. The summed E-state index contributed by atoms with van der Waals surface area (Å²) in [5.74, 6) is -3.80. The molecular weight excluding hydrogens is 336 g/mol. The standard InChI is InChI=1S/C20H28O6/c1-9-10-4-5-11-18-8-26-20(25,19(11,14(9)22)15(10)23)16(24)13(18)17(2,3)7-6-12(18)21/h10-13,15-16,21,23-25H,1,4-8H2,2-3H3/t10?,11?,12-,13+,15+,16-,18+,19?,20+/m0/s1. The monoisotopic (exact) mass is 364 g/mol. The zero-order chi connectivity index (χ0) is 18.9. The van der Waals surface area contributed by atoms with Crippen molar-refractivity contribution in [2.24, 2.45) is 34.0 Å². The van der Waals surface area contributed by atoms with Gasteiger partial charge in [0.1, 0.15) is 11.5 Å². The molecule has 2 heterocycles. The van der Waals surface area contributed by atoms with Gasteiger partial charge in [-0.2, -0.15) is 0 Å². The summed E-state index contributed by atoms with van der Waals surface area (Å²) in [6.45, 7) is 8.07. The normalized spacial score (nSPS) is 59.9. The smallest absolute Gasteiger partial charge is 0.208 e. The molecule has 2 saturated heterocycles. The van der Waals surface area contributed by atoms with Crippen LogP contribution in [0, 0.1) is 34.0 Å². The van der Waals surface area contributed by atoms with Crippen molar-refractivity contribution in [3.05, 3.63) is 12.2 Å². The third-order valence-corrected chi connectivity index (χ3v) is 8.88. The first-order valence-corrected chi connectivity index (χ1v) is 9.71. The van der Waals surface area contributed by atoms with Crippen molar-refractivity contribution in [3.8, 4) is 0 Å². The van der Waals surface area contributed by atoms with Crippen molar-refractivity contribution in [3.63, 3.8) is 0 Å². The van der Waals surface area contributed by atoms with E-state index in [2.05, 4.69) is 6.58 Å². The number of carbonyl (C=O) groups excluding carboxylic acids is 1. The summed E-state index contributed by atoms with van der Waals surface area (Å²) in [5.41, 5.74) is -2.49. The third-order valence-electron chi connectivity index (χ3n) is 8.88. The number of carbonyl (C=O) groups is 1. The van der Waals surface area contributed by atoms with Gasteiger partial charge in [-0.1, -0.05) is 20.4 Å².